The Morgan fingerprint density at radius 2 is 1.71 bits per heavy atom. The molecule has 0 aliphatic heterocycles. The third-order valence-corrected chi connectivity index (χ3v) is 3.18. The summed E-state index contributed by atoms with van der Waals surface area (Å²) in [5.41, 5.74) is 3.41. The monoisotopic (exact) mass is 324 g/mol. The zero-order valence-electron chi connectivity index (χ0n) is 13.7. The Balaban J connectivity index is 1.91. The van der Waals surface area contributed by atoms with Crippen LogP contribution in [0.15, 0.2) is 54.6 Å². The van der Waals surface area contributed by atoms with Crippen molar-refractivity contribution >= 4 is 29.3 Å². The van der Waals surface area contributed by atoms with Gasteiger partial charge in [0.15, 0.2) is 0 Å². The van der Waals surface area contributed by atoms with Gasteiger partial charge in [-0.3, -0.25) is 9.59 Å². The van der Waals surface area contributed by atoms with Crippen molar-refractivity contribution in [3.63, 3.8) is 0 Å². The largest absolute Gasteiger partial charge is 0.375 e. The van der Waals surface area contributed by atoms with Crippen molar-refractivity contribution in [3.8, 4) is 0 Å². The summed E-state index contributed by atoms with van der Waals surface area (Å²) in [4.78, 5) is 23.3. The second-order valence-electron chi connectivity index (χ2n) is 5.30. The smallest absolute Gasteiger partial charge is 0.250 e. The molecule has 0 heterocycles. The van der Waals surface area contributed by atoms with Crippen LogP contribution in [0.5, 0.6) is 0 Å². The van der Waals surface area contributed by atoms with Gasteiger partial charge in [0, 0.05) is 24.6 Å². The Morgan fingerprint density at radius 1 is 1.04 bits per heavy atom. The van der Waals surface area contributed by atoms with E-state index in [1.165, 1.54) is 13.2 Å². The minimum atomic E-state index is -0.227. The van der Waals surface area contributed by atoms with Gasteiger partial charge in [-0.25, -0.2) is 0 Å². The fraction of sp³-hybridized carbons (Fsp3) is 0.158. The molecule has 2 amide bonds. The van der Waals surface area contributed by atoms with Crippen molar-refractivity contribution in [2.75, 3.05) is 24.4 Å². The Hall–Kier alpha value is -2.92. The molecule has 2 aromatic rings. The first-order valence-electron chi connectivity index (χ1n) is 7.51. The van der Waals surface area contributed by atoms with E-state index in [0.29, 0.717) is 11.4 Å². The van der Waals surface area contributed by atoms with Gasteiger partial charge in [-0.2, -0.15) is 0 Å². The average molecular weight is 324 g/mol. The number of benzene rings is 2. The van der Waals surface area contributed by atoms with Gasteiger partial charge in [-0.05, 0) is 42.8 Å². The zero-order chi connectivity index (χ0) is 17.4. The molecule has 0 unspecified atom stereocenters. The number of ether oxygens (including phenoxy) is 1. The number of carbonyl (C=O) groups excluding carboxylic acids is 2. The average Bonchev–Trinajstić information content (AvgIpc) is 2.55. The van der Waals surface area contributed by atoms with Crippen LogP contribution in [0.2, 0.25) is 0 Å². The second-order valence-corrected chi connectivity index (χ2v) is 5.30. The molecule has 0 aliphatic rings. The number of anilines is 2. The normalized spacial score (nSPS) is 10.6. The third-order valence-electron chi connectivity index (χ3n) is 3.18. The molecule has 0 atom stereocenters. The van der Waals surface area contributed by atoms with E-state index >= 15 is 0 Å². The molecule has 24 heavy (non-hydrogen) atoms. The first-order chi connectivity index (χ1) is 11.6. The molecule has 2 rings (SSSR count). The van der Waals surface area contributed by atoms with Crippen LogP contribution < -0.4 is 10.6 Å². The molecule has 0 saturated heterocycles. The molecular weight excluding hydrogens is 304 g/mol. The summed E-state index contributed by atoms with van der Waals surface area (Å²) in [7, 11) is 1.46. The molecule has 0 aliphatic carbocycles. The van der Waals surface area contributed by atoms with Crippen molar-refractivity contribution in [2.45, 2.75) is 6.92 Å². The highest BCUT2D eigenvalue weighted by Gasteiger charge is 2.02. The number of hydrogen-bond donors (Lipinski definition) is 2. The van der Waals surface area contributed by atoms with Crippen molar-refractivity contribution in [1.29, 1.82) is 0 Å². The van der Waals surface area contributed by atoms with Crippen molar-refractivity contribution in [3.05, 3.63) is 65.7 Å². The maximum atomic E-state index is 11.9. The fourth-order valence-electron chi connectivity index (χ4n) is 2.09. The lowest BCUT2D eigenvalue weighted by molar-refractivity contribution is -0.119. The first kappa shape index (κ1) is 17.4. The standard InChI is InChI=1S/C19H20N2O3/c1-14-4-3-5-15(12-14)6-11-18(22)20-16-7-9-17(10-8-16)21-19(23)13-24-2/h3-12H,13H2,1-2H3,(H,20,22)(H,21,23)/b11-6+. The highest BCUT2D eigenvalue weighted by atomic mass is 16.5. The Bertz CT molecular complexity index is 737. The molecule has 0 fully saturated rings. The van der Waals surface area contributed by atoms with Crippen LogP contribution in [-0.4, -0.2) is 25.5 Å². The van der Waals surface area contributed by atoms with Crippen molar-refractivity contribution in [1.82, 2.24) is 0 Å². The Morgan fingerprint density at radius 3 is 2.33 bits per heavy atom. The van der Waals surface area contributed by atoms with Gasteiger partial charge >= 0.3 is 0 Å². The number of rotatable bonds is 6. The van der Waals surface area contributed by atoms with Crippen molar-refractivity contribution in [2.24, 2.45) is 0 Å². The van der Waals surface area contributed by atoms with E-state index in [-0.39, 0.29) is 18.4 Å². The van der Waals surface area contributed by atoms with E-state index in [4.69, 9.17) is 4.74 Å². The van der Waals surface area contributed by atoms with E-state index < -0.39 is 0 Å². The van der Waals surface area contributed by atoms with Crippen LogP contribution in [0, 0.1) is 6.92 Å². The van der Waals surface area contributed by atoms with E-state index in [1.54, 1.807) is 30.3 Å². The molecule has 2 aromatic carbocycles. The van der Waals surface area contributed by atoms with Crippen LogP contribution in [0.25, 0.3) is 6.08 Å². The summed E-state index contributed by atoms with van der Waals surface area (Å²) >= 11 is 0. The lowest BCUT2D eigenvalue weighted by atomic mass is 10.1. The van der Waals surface area contributed by atoms with Crippen LogP contribution in [0.4, 0.5) is 11.4 Å². The summed E-state index contributed by atoms with van der Waals surface area (Å²) in [5.74, 6) is -0.442. The van der Waals surface area contributed by atoms with Gasteiger partial charge in [0.2, 0.25) is 11.8 Å². The maximum absolute atomic E-state index is 11.9. The van der Waals surface area contributed by atoms with Gasteiger partial charge in [0.05, 0.1) is 0 Å². The highest BCUT2D eigenvalue weighted by molar-refractivity contribution is 6.02. The SMILES string of the molecule is COCC(=O)Nc1ccc(NC(=O)/C=C/c2cccc(C)c2)cc1. The van der Waals surface area contributed by atoms with Crippen LogP contribution in [0.3, 0.4) is 0 Å². The molecular formula is C19H20N2O3. The molecule has 0 spiro atoms. The maximum Gasteiger partial charge on any atom is 0.250 e. The molecule has 5 nitrogen and oxygen atoms in total. The topological polar surface area (TPSA) is 67.4 Å². The molecule has 0 aromatic heterocycles. The summed E-state index contributed by atoms with van der Waals surface area (Å²) < 4.78 is 4.75. The lowest BCUT2D eigenvalue weighted by Gasteiger charge is -2.06. The number of carbonyl (C=O) groups is 2. The van der Waals surface area contributed by atoms with E-state index in [2.05, 4.69) is 10.6 Å². The van der Waals surface area contributed by atoms with Crippen molar-refractivity contribution < 1.29 is 14.3 Å². The molecule has 0 saturated carbocycles. The summed E-state index contributed by atoms with van der Waals surface area (Å²) in [5, 5.41) is 5.45. The Labute approximate surface area is 141 Å². The zero-order valence-corrected chi connectivity index (χ0v) is 13.7. The van der Waals surface area contributed by atoms with Gasteiger partial charge in [0.25, 0.3) is 0 Å². The van der Waals surface area contributed by atoms with Crippen LogP contribution >= 0.6 is 0 Å². The molecule has 0 radical (unpaired) electrons. The van der Waals surface area contributed by atoms with E-state index in [1.807, 2.05) is 31.2 Å². The van der Waals surface area contributed by atoms with Gasteiger partial charge in [-0.1, -0.05) is 29.8 Å². The second kappa shape index (κ2) is 8.64. The lowest BCUT2D eigenvalue weighted by Crippen LogP contribution is -2.17. The number of hydrogen-bond acceptors (Lipinski definition) is 3. The van der Waals surface area contributed by atoms with Crippen LogP contribution in [0.1, 0.15) is 11.1 Å². The van der Waals surface area contributed by atoms with Gasteiger partial charge in [-0.15, -0.1) is 0 Å². The predicted octanol–water partition coefficient (Wildman–Crippen LogP) is 3.23. The summed E-state index contributed by atoms with van der Waals surface area (Å²) in [6.45, 7) is 2.01. The van der Waals surface area contributed by atoms with E-state index in [0.717, 1.165) is 11.1 Å². The number of amides is 2. The van der Waals surface area contributed by atoms with Crippen LogP contribution in [-0.2, 0) is 14.3 Å². The predicted molar refractivity (Wildman–Crippen MR) is 95.8 cm³/mol. The molecule has 0 bridgehead atoms. The summed E-state index contributed by atoms with van der Waals surface area (Å²) in [6, 6.07) is 14.8. The first-order valence-corrected chi connectivity index (χ1v) is 7.51. The number of nitrogens with one attached hydrogen (secondary N) is 2. The minimum absolute atomic E-state index is 0.00222. The number of aryl methyl sites for hydroxylation is 1. The fourth-order valence-corrected chi connectivity index (χ4v) is 2.09. The molecule has 2 N–H and O–H groups in total. The Kier molecular flexibility index (Phi) is 6.28. The highest BCUT2D eigenvalue weighted by Crippen LogP contribution is 2.14. The quantitative estimate of drug-likeness (QED) is 0.802. The van der Waals surface area contributed by atoms with Gasteiger partial charge in [0.1, 0.15) is 6.61 Å². The minimum Gasteiger partial charge on any atom is -0.375 e. The molecule has 124 valence electrons. The summed E-state index contributed by atoms with van der Waals surface area (Å²) in [6.07, 6.45) is 3.25. The number of methoxy groups -OCH3 is 1. The van der Waals surface area contributed by atoms with E-state index in [9.17, 15) is 9.59 Å². The molecule has 5 heteroatoms. The van der Waals surface area contributed by atoms with Gasteiger partial charge < -0.3 is 15.4 Å². The third kappa shape index (κ3) is 5.70.